The van der Waals surface area contributed by atoms with Crippen molar-refractivity contribution in [1.82, 2.24) is 20.3 Å². The van der Waals surface area contributed by atoms with E-state index in [-0.39, 0.29) is 0 Å². The minimum absolute atomic E-state index is 0.847. The van der Waals surface area contributed by atoms with Crippen molar-refractivity contribution < 1.29 is 0 Å². The number of nitrogens with zero attached hydrogens (tertiary/aromatic N) is 3. The SMILES string of the molecule is CNCc1ccc(C)c(-n2nnc3ccccc32)c1. The van der Waals surface area contributed by atoms with Gasteiger partial charge in [-0.1, -0.05) is 29.5 Å². The Morgan fingerprint density at radius 3 is 2.84 bits per heavy atom. The van der Waals surface area contributed by atoms with Gasteiger partial charge in [0.25, 0.3) is 0 Å². The first-order valence-electron chi connectivity index (χ1n) is 6.34. The van der Waals surface area contributed by atoms with Crippen molar-refractivity contribution >= 4 is 11.0 Å². The van der Waals surface area contributed by atoms with E-state index >= 15 is 0 Å². The number of fused-ring (bicyclic) bond motifs is 1. The van der Waals surface area contributed by atoms with E-state index in [1.807, 2.05) is 36.0 Å². The molecule has 1 N–H and O–H groups in total. The molecule has 1 aromatic heterocycles. The zero-order valence-corrected chi connectivity index (χ0v) is 11.1. The predicted molar refractivity (Wildman–Crippen MR) is 76.4 cm³/mol. The zero-order valence-electron chi connectivity index (χ0n) is 11.1. The van der Waals surface area contributed by atoms with Gasteiger partial charge in [0.1, 0.15) is 5.52 Å². The molecule has 0 unspecified atom stereocenters. The van der Waals surface area contributed by atoms with E-state index < -0.39 is 0 Å². The Labute approximate surface area is 112 Å². The van der Waals surface area contributed by atoms with Crippen molar-refractivity contribution in [3.8, 4) is 5.69 Å². The van der Waals surface area contributed by atoms with Crippen molar-refractivity contribution in [2.75, 3.05) is 7.05 Å². The highest BCUT2D eigenvalue weighted by Gasteiger charge is 2.08. The lowest BCUT2D eigenvalue weighted by Gasteiger charge is -2.09. The van der Waals surface area contributed by atoms with Crippen LogP contribution in [0.25, 0.3) is 16.7 Å². The van der Waals surface area contributed by atoms with Crippen LogP contribution in [0.1, 0.15) is 11.1 Å². The largest absolute Gasteiger partial charge is 0.316 e. The third kappa shape index (κ3) is 2.11. The molecular weight excluding hydrogens is 236 g/mol. The number of hydrogen-bond acceptors (Lipinski definition) is 3. The molecule has 96 valence electrons. The van der Waals surface area contributed by atoms with E-state index in [1.165, 1.54) is 11.1 Å². The van der Waals surface area contributed by atoms with Gasteiger partial charge >= 0.3 is 0 Å². The van der Waals surface area contributed by atoms with Crippen LogP contribution in [-0.4, -0.2) is 22.0 Å². The fraction of sp³-hybridized carbons (Fsp3) is 0.200. The first-order chi connectivity index (χ1) is 9.29. The number of rotatable bonds is 3. The Morgan fingerprint density at radius 1 is 1.16 bits per heavy atom. The normalized spacial score (nSPS) is 11.1. The highest BCUT2D eigenvalue weighted by atomic mass is 15.4. The average Bonchev–Trinajstić information content (AvgIpc) is 2.85. The van der Waals surface area contributed by atoms with E-state index in [9.17, 15) is 0 Å². The molecule has 0 radical (unpaired) electrons. The topological polar surface area (TPSA) is 42.7 Å². The lowest BCUT2D eigenvalue weighted by Crippen LogP contribution is -2.07. The summed E-state index contributed by atoms with van der Waals surface area (Å²) in [7, 11) is 1.95. The summed E-state index contributed by atoms with van der Waals surface area (Å²) in [6.45, 7) is 2.94. The second-order valence-corrected chi connectivity index (χ2v) is 4.64. The summed E-state index contributed by atoms with van der Waals surface area (Å²) in [5.74, 6) is 0. The van der Waals surface area contributed by atoms with Crippen molar-refractivity contribution in [3.63, 3.8) is 0 Å². The summed E-state index contributed by atoms with van der Waals surface area (Å²) in [6.07, 6.45) is 0. The van der Waals surface area contributed by atoms with Gasteiger partial charge < -0.3 is 5.32 Å². The smallest absolute Gasteiger partial charge is 0.113 e. The number of benzene rings is 2. The number of para-hydroxylation sites is 1. The monoisotopic (exact) mass is 252 g/mol. The minimum atomic E-state index is 0.847. The maximum atomic E-state index is 4.27. The summed E-state index contributed by atoms with van der Waals surface area (Å²) >= 11 is 0. The summed E-state index contributed by atoms with van der Waals surface area (Å²) < 4.78 is 1.91. The van der Waals surface area contributed by atoms with Crippen LogP contribution in [0.2, 0.25) is 0 Å². The van der Waals surface area contributed by atoms with E-state index in [4.69, 9.17) is 0 Å². The summed E-state index contributed by atoms with van der Waals surface area (Å²) in [5.41, 5.74) is 5.47. The maximum absolute atomic E-state index is 4.27. The Kier molecular flexibility index (Phi) is 3.01. The molecule has 0 atom stereocenters. The van der Waals surface area contributed by atoms with Crippen LogP contribution in [-0.2, 0) is 6.54 Å². The molecule has 3 rings (SSSR count). The van der Waals surface area contributed by atoms with Crippen LogP contribution in [0.4, 0.5) is 0 Å². The molecule has 0 saturated carbocycles. The molecule has 3 aromatic rings. The summed E-state index contributed by atoms with van der Waals surface area (Å²) in [6, 6.07) is 14.4. The highest BCUT2D eigenvalue weighted by Crippen LogP contribution is 2.20. The first-order valence-corrected chi connectivity index (χ1v) is 6.34. The van der Waals surface area contributed by atoms with Gasteiger partial charge in [-0.05, 0) is 43.3 Å². The molecule has 2 aromatic carbocycles. The summed E-state index contributed by atoms with van der Waals surface area (Å²) in [4.78, 5) is 0. The highest BCUT2D eigenvalue weighted by molar-refractivity contribution is 5.76. The molecule has 1 heterocycles. The lowest BCUT2D eigenvalue weighted by molar-refractivity contribution is 0.798. The van der Waals surface area contributed by atoms with Gasteiger partial charge in [-0.3, -0.25) is 0 Å². The second kappa shape index (κ2) is 4.82. The second-order valence-electron chi connectivity index (χ2n) is 4.64. The molecule has 0 fully saturated rings. The molecule has 0 saturated heterocycles. The quantitative estimate of drug-likeness (QED) is 0.778. The number of hydrogen-bond donors (Lipinski definition) is 1. The van der Waals surface area contributed by atoms with Crippen molar-refractivity contribution in [3.05, 3.63) is 53.6 Å². The molecular formula is C15H16N4. The van der Waals surface area contributed by atoms with Crippen LogP contribution in [0.15, 0.2) is 42.5 Å². The minimum Gasteiger partial charge on any atom is -0.316 e. The molecule has 0 aliphatic rings. The number of aromatic nitrogens is 3. The predicted octanol–water partition coefficient (Wildman–Crippen LogP) is 2.45. The molecule has 0 amide bonds. The van der Waals surface area contributed by atoms with Crippen molar-refractivity contribution in [1.29, 1.82) is 0 Å². The molecule has 0 aliphatic carbocycles. The zero-order chi connectivity index (χ0) is 13.2. The molecule has 4 heteroatoms. The van der Waals surface area contributed by atoms with E-state index in [2.05, 4.69) is 40.8 Å². The third-order valence-corrected chi connectivity index (χ3v) is 3.23. The van der Waals surface area contributed by atoms with E-state index in [0.29, 0.717) is 0 Å². The fourth-order valence-electron chi connectivity index (χ4n) is 2.24. The van der Waals surface area contributed by atoms with Crippen LogP contribution in [0, 0.1) is 6.92 Å². The van der Waals surface area contributed by atoms with Gasteiger partial charge in [-0.2, -0.15) is 0 Å². The van der Waals surface area contributed by atoms with E-state index in [0.717, 1.165) is 23.3 Å². The molecule has 4 nitrogen and oxygen atoms in total. The average molecular weight is 252 g/mol. The van der Waals surface area contributed by atoms with Crippen LogP contribution in [0.5, 0.6) is 0 Å². The third-order valence-electron chi connectivity index (χ3n) is 3.23. The van der Waals surface area contributed by atoms with Gasteiger partial charge in [-0.25, -0.2) is 4.68 Å². The molecule has 0 bridgehead atoms. The maximum Gasteiger partial charge on any atom is 0.113 e. The lowest BCUT2D eigenvalue weighted by atomic mass is 10.1. The number of nitrogens with one attached hydrogen (secondary N) is 1. The van der Waals surface area contributed by atoms with Gasteiger partial charge in [0.05, 0.1) is 11.2 Å². The van der Waals surface area contributed by atoms with Crippen LogP contribution in [0.3, 0.4) is 0 Å². The van der Waals surface area contributed by atoms with Crippen molar-refractivity contribution in [2.45, 2.75) is 13.5 Å². The summed E-state index contributed by atoms with van der Waals surface area (Å²) in [5, 5.41) is 11.7. The van der Waals surface area contributed by atoms with Crippen molar-refractivity contribution in [2.24, 2.45) is 0 Å². The Bertz CT molecular complexity index is 715. The Hall–Kier alpha value is -2.20. The number of aryl methyl sites for hydroxylation is 1. The fourth-order valence-corrected chi connectivity index (χ4v) is 2.24. The van der Waals surface area contributed by atoms with Gasteiger partial charge in [0.15, 0.2) is 0 Å². The Balaban J connectivity index is 2.17. The standard InChI is InChI=1S/C15H16N4/c1-11-7-8-12(10-16-2)9-15(11)19-14-6-4-3-5-13(14)17-18-19/h3-9,16H,10H2,1-2H3. The van der Waals surface area contributed by atoms with E-state index in [1.54, 1.807) is 0 Å². The van der Waals surface area contributed by atoms with Crippen LogP contribution >= 0.6 is 0 Å². The Morgan fingerprint density at radius 2 is 2.00 bits per heavy atom. The van der Waals surface area contributed by atoms with Gasteiger partial charge in [0, 0.05) is 6.54 Å². The van der Waals surface area contributed by atoms with Gasteiger partial charge in [0.2, 0.25) is 0 Å². The van der Waals surface area contributed by atoms with Gasteiger partial charge in [-0.15, -0.1) is 5.10 Å². The molecule has 0 aliphatic heterocycles. The molecule has 19 heavy (non-hydrogen) atoms. The van der Waals surface area contributed by atoms with Crippen LogP contribution < -0.4 is 5.32 Å². The first kappa shape index (κ1) is 11.9. The molecule has 0 spiro atoms.